The standard InChI is InChI=1S/C26H23N3O5/c1-3-33-24-14-18(12-13-23(24)34-17(2)30)15-27-28-25(31)16-29-21-10-6-4-8-19(21)26(32)20-9-5-7-11-22(20)29/h4-15H,3,16H2,1-2H3,(H,28,31)/b27-15-. The molecule has 0 unspecified atom stereocenters. The molecule has 8 heteroatoms. The van der Waals surface area contributed by atoms with Gasteiger partial charge in [-0.05, 0) is 55.0 Å². The molecule has 34 heavy (non-hydrogen) atoms. The van der Waals surface area contributed by atoms with Crippen LogP contribution in [0.4, 0.5) is 0 Å². The third-order valence-corrected chi connectivity index (χ3v) is 5.10. The van der Waals surface area contributed by atoms with E-state index < -0.39 is 5.97 Å². The van der Waals surface area contributed by atoms with Crippen LogP contribution in [-0.2, 0) is 16.1 Å². The van der Waals surface area contributed by atoms with Gasteiger partial charge in [-0.1, -0.05) is 24.3 Å². The second-order valence-electron chi connectivity index (χ2n) is 7.48. The molecule has 4 rings (SSSR count). The minimum Gasteiger partial charge on any atom is -0.490 e. The average molecular weight is 457 g/mol. The van der Waals surface area contributed by atoms with Crippen LogP contribution in [0.5, 0.6) is 11.5 Å². The Morgan fingerprint density at radius 2 is 1.62 bits per heavy atom. The summed E-state index contributed by atoms with van der Waals surface area (Å²) in [4.78, 5) is 36.8. The monoisotopic (exact) mass is 457 g/mol. The molecule has 4 aromatic rings. The summed E-state index contributed by atoms with van der Waals surface area (Å²) in [5.74, 6) is -0.0827. The predicted octanol–water partition coefficient (Wildman–Crippen LogP) is 3.63. The molecule has 3 aromatic carbocycles. The van der Waals surface area contributed by atoms with Crippen molar-refractivity contribution in [3.63, 3.8) is 0 Å². The molecule has 172 valence electrons. The molecule has 8 nitrogen and oxygen atoms in total. The van der Waals surface area contributed by atoms with Gasteiger partial charge in [-0.25, -0.2) is 5.43 Å². The Balaban J connectivity index is 1.56. The summed E-state index contributed by atoms with van der Waals surface area (Å²) in [5, 5.41) is 5.14. The number of hydrogen-bond acceptors (Lipinski definition) is 6. The number of ether oxygens (including phenoxy) is 2. The molecule has 0 bridgehead atoms. The first kappa shape index (κ1) is 22.7. The fourth-order valence-electron chi connectivity index (χ4n) is 3.72. The first-order valence-corrected chi connectivity index (χ1v) is 10.8. The van der Waals surface area contributed by atoms with Crippen molar-refractivity contribution >= 4 is 39.9 Å². The number of esters is 1. The highest BCUT2D eigenvalue weighted by Gasteiger charge is 2.13. The van der Waals surface area contributed by atoms with Crippen LogP contribution in [0.1, 0.15) is 19.4 Å². The Morgan fingerprint density at radius 3 is 2.24 bits per heavy atom. The summed E-state index contributed by atoms with van der Waals surface area (Å²) in [6.45, 7) is 3.51. The largest absolute Gasteiger partial charge is 0.490 e. The lowest BCUT2D eigenvalue weighted by Crippen LogP contribution is -2.25. The number of fused-ring (bicyclic) bond motifs is 2. The van der Waals surface area contributed by atoms with Crippen molar-refractivity contribution in [1.82, 2.24) is 9.99 Å². The van der Waals surface area contributed by atoms with Crippen LogP contribution in [0.2, 0.25) is 0 Å². The number of nitrogens with one attached hydrogen (secondary N) is 1. The van der Waals surface area contributed by atoms with E-state index in [0.717, 1.165) is 0 Å². The van der Waals surface area contributed by atoms with Gasteiger partial charge in [-0.2, -0.15) is 5.10 Å². The molecule has 0 fully saturated rings. The number of para-hydroxylation sites is 2. The SMILES string of the molecule is CCOc1cc(/C=N\NC(=O)Cn2c3ccccc3c(=O)c3ccccc32)ccc1OC(C)=O. The molecule has 0 aliphatic rings. The van der Waals surface area contributed by atoms with E-state index in [9.17, 15) is 14.4 Å². The summed E-state index contributed by atoms with van der Waals surface area (Å²) >= 11 is 0. The number of nitrogens with zero attached hydrogens (tertiary/aromatic N) is 2. The Bertz CT molecular complexity index is 1410. The van der Waals surface area contributed by atoms with Crippen LogP contribution in [0.15, 0.2) is 76.6 Å². The number of benzene rings is 3. The Morgan fingerprint density at radius 1 is 0.971 bits per heavy atom. The van der Waals surface area contributed by atoms with Gasteiger partial charge in [0.25, 0.3) is 5.91 Å². The predicted molar refractivity (Wildman–Crippen MR) is 130 cm³/mol. The topological polar surface area (TPSA) is 99.0 Å². The second-order valence-corrected chi connectivity index (χ2v) is 7.48. The number of aromatic nitrogens is 1. The number of carbonyl (C=O) groups is 2. The van der Waals surface area contributed by atoms with E-state index in [4.69, 9.17) is 9.47 Å². The van der Waals surface area contributed by atoms with E-state index in [1.807, 2.05) is 31.2 Å². The zero-order valence-corrected chi connectivity index (χ0v) is 18.8. The zero-order valence-electron chi connectivity index (χ0n) is 18.8. The molecule has 1 amide bonds. The number of carbonyl (C=O) groups excluding carboxylic acids is 2. The Kier molecular flexibility index (Phi) is 6.68. The number of hydrogen-bond donors (Lipinski definition) is 1. The maximum absolute atomic E-state index is 12.8. The lowest BCUT2D eigenvalue weighted by atomic mass is 10.1. The molecule has 0 saturated heterocycles. The van der Waals surface area contributed by atoms with Crippen molar-refractivity contribution in [3.8, 4) is 11.5 Å². The van der Waals surface area contributed by atoms with Gasteiger partial charge in [0, 0.05) is 17.7 Å². The van der Waals surface area contributed by atoms with E-state index in [2.05, 4.69) is 10.5 Å². The molecular weight excluding hydrogens is 434 g/mol. The van der Waals surface area contributed by atoms with Gasteiger partial charge in [0.1, 0.15) is 6.54 Å². The quantitative estimate of drug-likeness (QED) is 0.150. The van der Waals surface area contributed by atoms with E-state index in [-0.39, 0.29) is 17.9 Å². The van der Waals surface area contributed by atoms with Crippen molar-refractivity contribution in [2.24, 2.45) is 5.10 Å². The number of amides is 1. The van der Waals surface area contributed by atoms with Crippen LogP contribution in [-0.4, -0.2) is 29.3 Å². The first-order chi connectivity index (χ1) is 16.5. The van der Waals surface area contributed by atoms with Crippen LogP contribution in [0.3, 0.4) is 0 Å². The molecule has 0 spiro atoms. The maximum atomic E-state index is 12.8. The average Bonchev–Trinajstić information content (AvgIpc) is 2.83. The molecular formula is C26H23N3O5. The summed E-state index contributed by atoms with van der Waals surface area (Å²) in [6, 6.07) is 19.4. The molecule has 0 aliphatic carbocycles. The fraction of sp³-hybridized carbons (Fsp3) is 0.154. The van der Waals surface area contributed by atoms with Gasteiger partial charge >= 0.3 is 5.97 Å². The highest BCUT2D eigenvalue weighted by atomic mass is 16.6. The van der Waals surface area contributed by atoms with Crippen molar-refractivity contribution in [1.29, 1.82) is 0 Å². The summed E-state index contributed by atoms with van der Waals surface area (Å²) in [6.07, 6.45) is 1.47. The van der Waals surface area contributed by atoms with E-state index in [1.165, 1.54) is 13.1 Å². The third-order valence-electron chi connectivity index (χ3n) is 5.10. The third kappa shape index (κ3) is 4.80. The van der Waals surface area contributed by atoms with Crippen LogP contribution in [0, 0.1) is 0 Å². The molecule has 0 atom stereocenters. The molecule has 0 saturated carbocycles. The summed E-state index contributed by atoms with van der Waals surface area (Å²) in [5.41, 5.74) is 4.46. The van der Waals surface area contributed by atoms with Gasteiger partial charge in [0.15, 0.2) is 16.9 Å². The van der Waals surface area contributed by atoms with Gasteiger partial charge in [-0.15, -0.1) is 0 Å². The highest BCUT2D eigenvalue weighted by molar-refractivity contribution is 5.95. The number of pyridine rings is 1. The van der Waals surface area contributed by atoms with Crippen LogP contribution < -0.4 is 20.3 Å². The number of rotatable bonds is 7. The molecule has 0 aliphatic heterocycles. The first-order valence-electron chi connectivity index (χ1n) is 10.8. The zero-order chi connectivity index (χ0) is 24.1. The minimum absolute atomic E-state index is 0.0196. The van der Waals surface area contributed by atoms with Crippen molar-refractivity contribution < 1.29 is 19.1 Å². The highest BCUT2D eigenvalue weighted by Crippen LogP contribution is 2.28. The second kappa shape index (κ2) is 9.99. The minimum atomic E-state index is -0.447. The van der Waals surface area contributed by atoms with Gasteiger partial charge < -0.3 is 14.0 Å². The van der Waals surface area contributed by atoms with Crippen LogP contribution in [0.25, 0.3) is 21.8 Å². The van der Waals surface area contributed by atoms with Gasteiger partial charge in [0.2, 0.25) is 0 Å². The summed E-state index contributed by atoms with van der Waals surface area (Å²) in [7, 11) is 0. The van der Waals surface area contributed by atoms with Gasteiger partial charge in [0.05, 0.1) is 23.9 Å². The van der Waals surface area contributed by atoms with Crippen molar-refractivity contribution in [2.75, 3.05) is 6.61 Å². The van der Waals surface area contributed by atoms with Crippen molar-refractivity contribution in [2.45, 2.75) is 20.4 Å². The lowest BCUT2D eigenvalue weighted by molar-refractivity contribution is -0.132. The number of hydrazone groups is 1. The van der Waals surface area contributed by atoms with Gasteiger partial charge in [-0.3, -0.25) is 14.4 Å². The normalized spacial score (nSPS) is 11.1. The van der Waals surface area contributed by atoms with E-state index >= 15 is 0 Å². The molecule has 1 aromatic heterocycles. The fourth-order valence-corrected chi connectivity index (χ4v) is 3.72. The molecule has 0 radical (unpaired) electrons. The molecule has 1 heterocycles. The smallest absolute Gasteiger partial charge is 0.308 e. The van der Waals surface area contributed by atoms with Crippen molar-refractivity contribution in [3.05, 3.63) is 82.5 Å². The van der Waals surface area contributed by atoms with E-state index in [1.54, 1.807) is 47.0 Å². The van der Waals surface area contributed by atoms with Crippen LogP contribution >= 0.6 is 0 Å². The molecule has 1 N–H and O–H groups in total. The van der Waals surface area contributed by atoms with E-state index in [0.29, 0.717) is 45.5 Å². The Hall–Kier alpha value is -4.46. The maximum Gasteiger partial charge on any atom is 0.308 e. The summed E-state index contributed by atoms with van der Waals surface area (Å²) < 4.78 is 12.5. The Labute approximate surface area is 195 Å². The lowest BCUT2D eigenvalue weighted by Gasteiger charge is -2.14.